The number of fused-ring (bicyclic) bond motifs is 1. The van der Waals surface area contributed by atoms with Crippen LogP contribution in [-0.2, 0) is 20.6 Å². The van der Waals surface area contributed by atoms with Crippen molar-refractivity contribution in [2.45, 2.75) is 25.4 Å². The molecule has 1 fully saturated rings. The first-order chi connectivity index (χ1) is 11.6. The molecule has 0 radical (unpaired) electrons. The third-order valence-electron chi connectivity index (χ3n) is 4.85. The largest absolute Gasteiger partial charge is 0.298 e. The van der Waals surface area contributed by atoms with Gasteiger partial charge < -0.3 is 0 Å². The predicted octanol–water partition coefficient (Wildman–Crippen LogP) is 1.40. The summed E-state index contributed by atoms with van der Waals surface area (Å²) in [5.41, 5.74) is 1.85. The van der Waals surface area contributed by atoms with Crippen LogP contribution < -0.4 is 5.56 Å². The third-order valence-corrected chi connectivity index (χ3v) is 4.85. The molecule has 7 heteroatoms. The van der Waals surface area contributed by atoms with Gasteiger partial charge in [0.05, 0.1) is 28.8 Å². The fourth-order valence-corrected chi connectivity index (χ4v) is 3.50. The molecule has 0 spiro atoms. The molecule has 1 aromatic carbocycles. The molecule has 24 heavy (non-hydrogen) atoms. The number of nitrogens with zero attached hydrogens (tertiary/aromatic N) is 6. The number of hydrogen-bond acceptors (Lipinski definition) is 5. The van der Waals surface area contributed by atoms with Gasteiger partial charge in [0.2, 0.25) is 0 Å². The highest BCUT2D eigenvalue weighted by Gasteiger charge is 2.30. The Morgan fingerprint density at radius 1 is 1.25 bits per heavy atom. The molecule has 0 aliphatic carbocycles. The molecule has 0 bridgehead atoms. The van der Waals surface area contributed by atoms with E-state index in [1.165, 1.54) is 0 Å². The van der Waals surface area contributed by atoms with Gasteiger partial charge in [-0.2, -0.15) is 0 Å². The van der Waals surface area contributed by atoms with Gasteiger partial charge in [0.25, 0.3) is 5.56 Å². The molecule has 0 saturated carbocycles. The van der Waals surface area contributed by atoms with Crippen molar-refractivity contribution in [2.75, 3.05) is 6.54 Å². The molecular formula is C17H20N6O. The van der Waals surface area contributed by atoms with E-state index < -0.39 is 0 Å². The van der Waals surface area contributed by atoms with Crippen LogP contribution in [0, 0.1) is 0 Å². The zero-order valence-electron chi connectivity index (χ0n) is 13.9. The van der Waals surface area contributed by atoms with Crippen LogP contribution in [0.4, 0.5) is 0 Å². The summed E-state index contributed by atoms with van der Waals surface area (Å²) >= 11 is 0. The molecular weight excluding hydrogens is 304 g/mol. The lowest BCUT2D eigenvalue weighted by atomic mass is 10.1. The fourth-order valence-electron chi connectivity index (χ4n) is 3.50. The number of likely N-dealkylation sites (tertiary alicyclic amines) is 1. The number of aromatic nitrogens is 5. The zero-order chi connectivity index (χ0) is 16.7. The van der Waals surface area contributed by atoms with E-state index in [2.05, 4.69) is 15.2 Å². The van der Waals surface area contributed by atoms with Crippen LogP contribution in [-0.4, -0.2) is 36.0 Å². The lowest BCUT2D eigenvalue weighted by molar-refractivity contribution is 0.229. The number of benzene rings is 1. The topological polar surface area (TPSA) is 68.8 Å². The Labute approximate surface area is 139 Å². The van der Waals surface area contributed by atoms with E-state index in [0.29, 0.717) is 5.39 Å². The standard InChI is InChI=1S/C17H20N6O/c1-21-16(19-14-7-4-3-6-13(14)17(21)24)15-8-5-9-23(15)11-12-10-18-20-22(12)2/h3-4,6-7,10,15H,5,8-9,11H2,1-2H3. The molecule has 3 aromatic rings. The van der Waals surface area contributed by atoms with Gasteiger partial charge in [-0.05, 0) is 31.5 Å². The maximum absolute atomic E-state index is 12.7. The van der Waals surface area contributed by atoms with Gasteiger partial charge in [0, 0.05) is 20.6 Å². The Balaban J connectivity index is 1.74. The summed E-state index contributed by atoms with van der Waals surface area (Å²) in [6, 6.07) is 7.68. The average Bonchev–Trinajstić information content (AvgIpc) is 3.21. The van der Waals surface area contributed by atoms with Crippen molar-refractivity contribution in [3.63, 3.8) is 0 Å². The SMILES string of the molecule is Cn1nncc1CN1CCCC1c1nc2ccccc2c(=O)n1C. The first-order valence-electron chi connectivity index (χ1n) is 8.18. The van der Waals surface area contributed by atoms with Gasteiger partial charge in [-0.15, -0.1) is 5.10 Å². The van der Waals surface area contributed by atoms with Gasteiger partial charge in [-0.1, -0.05) is 17.3 Å². The van der Waals surface area contributed by atoms with Crippen LogP contribution in [0.15, 0.2) is 35.3 Å². The average molecular weight is 324 g/mol. The minimum Gasteiger partial charge on any atom is -0.298 e. The Hall–Kier alpha value is -2.54. The molecule has 1 unspecified atom stereocenters. The highest BCUT2D eigenvalue weighted by molar-refractivity contribution is 5.77. The number of hydrogen-bond donors (Lipinski definition) is 0. The monoisotopic (exact) mass is 324 g/mol. The molecule has 4 rings (SSSR count). The maximum Gasteiger partial charge on any atom is 0.261 e. The van der Waals surface area contributed by atoms with Gasteiger partial charge in [-0.3, -0.25) is 18.9 Å². The second kappa shape index (κ2) is 5.83. The van der Waals surface area contributed by atoms with E-state index in [9.17, 15) is 4.79 Å². The summed E-state index contributed by atoms with van der Waals surface area (Å²) in [5, 5.41) is 8.62. The van der Waals surface area contributed by atoms with E-state index in [-0.39, 0.29) is 11.6 Å². The Bertz CT molecular complexity index is 944. The van der Waals surface area contributed by atoms with Crippen LogP contribution in [0.5, 0.6) is 0 Å². The zero-order valence-corrected chi connectivity index (χ0v) is 13.9. The smallest absolute Gasteiger partial charge is 0.261 e. The first kappa shape index (κ1) is 15.0. The summed E-state index contributed by atoms with van der Waals surface area (Å²) in [6.45, 7) is 1.75. The van der Waals surface area contributed by atoms with Crippen LogP contribution >= 0.6 is 0 Å². The van der Waals surface area contributed by atoms with Gasteiger partial charge in [-0.25, -0.2) is 4.98 Å². The molecule has 2 aromatic heterocycles. The molecule has 7 nitrogen and oxygen atoms in total. The van der Waals surface area contributed by atoms with Crippen LogP contribution in [0.1, 0.15) is 30.4 Å². The number of para-hydroxylation sites is 1. The number of aryl methyl sites for hydroxylation is 1. The Kier molecular flexibility index (Phi) is 3.65. The molecule has 0 amide bonds. The van der Waals surface area contributed by atoms with Crippen molar-refractivity contribution in [2.24, 2.45) is 14.1 Å². The van der Waals surface area contributed by atoms with E-state index >= 15 is 0 Å². The second-order valence-corrected chi connectivity index (χ2v) is 6.33. The molecule has 1 atom stereocenters. The lowest BCUT2D eigenvalue weighted by Crippen LogP contribution is -2.31. The lowest BCUT2D eigenvalue weighted by Gasteiger charge is -2.25. The summed E-state index contributed by atoms with van der Waals surface area (Å²) in [4.78, 5) is 19.8. The minimum atomic E-state index is 0.0182. The molecule has 1 saturated heterocycles. The summed E-state index contributed by atoms with van der Waals surface area (Å²) < 4.78 is 3.50. The van der Waals surface area contributed by atoms with Crippen molar-refractivity contribution in [3.05, 3.63) is 52.3 Å². The fraction of sp³-hybridized carbons (Fsp3) is 0.412. The molecule has 0 N–H and O–H groups in total. The van der Waals surface area contributed by atoms with E-state index in [4.69, 9.17) is 4.98 Å². The summed E-state index contributed by atoms with van der Waals surface area (Å²) in [7, 11) is 3.72. The third kappa shape index (κ3) is 2.41. The van der Waals surface area contributed by atoms with Crippen LogP contribution in [0.25, 0.3) is 10.9 Å². The summed E-state index contributed by atoms with van der Waals surface area (Å²) in [6.07, 6.45) is 3.89. The van der Waals surface area contributed by atoms with Crippen molar-refractivity contribution in [1.82, 2.24) is 29.4 Å². The van der Waals surface area contributed by atoms with Crippen molar-refractivity contribution in [1.29, 1.82) is 0 Å². The van der Waals surface area contributed by atoms with Gasteiger partial charge in [0.15, 0.2) is 0 Å². The minimum absolute atomic E-state index is 0.0182. The normalized spacial score (nSPS) is 18.5. The van der Waals surface area contributed by atoms with E-state index in [1.54, 1.807) is 15.4 Å². The number of rotatable bonds is 3. The Morgan fingerprint density at radius 3 is 2.88 bits per heavy atom. The summed E-state index contributed by atoms with van der Waals surface area (Å²) in [5.74, 6) is 0.839. The van der Waals surface area contributed by atoms with Crippen molar-refractivity contribution < 1.29 is 0 Å². The van der Waals surface area contributed by atoms with E-state index in [1.807, 2.05) is 38.4 Å². The van der Waals surface area contributed by atoms with Gasteiger partial charge >= 0.3 is 0 Å². The molecule has 3 heterocycles. The first-order valence-corrected chi connectivity index (χ1v) is 8.18. The molecule has 1 aliphatic heterocycles. The van der Waals surface area contributed by atoms with Crippen LogP contribution in [0.2, 0.25) is 0 Å². The molecule has 1 aliphatic rings. The maximum atomic E-state index is 12.7. The Morgan fingerprint density at radius 2 is 2.08 bits per heavy atom. The predicted molar refractivity (Wildman–Crippen MR) is 90.4 cm³/mol. The second-order valence-electron chi connectivity index (χ2n) is 6.33. The van der Waals surface area contributed by atoms with Crippen molar-refractivity contribution in [3.8, 4) is 0 Å². The van der Waals surface area contributed by atoms with Crippen LogP contribution in [0.3, 0.4) is 0 Å². The molecule has 124 valence electrons. The van der Waals surface area contributed by atoms with E-state index in [0.717, 1.165) is 43.0 Å². The van der Waals surface area contributed by atoms with Crippen molar-refractivity contribution >= 4 is 10.9 Å². The quantitative estimate of drug-likeness (QED) is 0.728. The highest BCUT2D eigenvalue weighted by atomic mass is 16.1. The highest BCUT2D eigenvalue weighted by Crippen LogP contribution is 2.31. The van der Waals surface area contributed by atoms with Gasteiger partial charge in [0.1, 0.15) is 5.82 Å².